The van der Waals surface area contributed by atoms with E-state index in [1.54, 1.807) is 0 Å². The molecule has 0 rings (SSSR count). The van der Waals surface area contributed by atoms with Crippen LogP contribution in [0.3, 0.4) is 0 Å². The molecule has 0 atom stereocenters. The molecule has 0 amide bonds. The molecule has 0 aliphatic carbocycles. The van der Waals surface area contributed by atoms with Gasteiger partial charge in [-0.1, -0.05) is 13.8 Å². The highest BCUT2D eigenvalue weighted by Crippen LogP contribution is 1.81. The summed E-state index contributed by atoms with van der Waals surface area (Å²) in [7, 11) is 9.81. The molecule has 0 aliphatic rings. The van der Waals surface area contributed by atoms with E-state index in [0.29, 0.717) is 0 Å². The fraction of sp³-hybridized carbons (Fsp3) is 0.833. The number of hydrogen-bond donors (Lipinski definition) is 0. The first-order valence-corrected chi connectivity index (χ1v) is 7.67. The molecule has 0 N–H and O–H groups in total. The Bertz CT molecular complexity index is 45.5. The van der Waals surface area contributed by atoms with Crippen LogP contribution in [0, 0.1) is 6.92 Å². The van der Waals surface area contributed by atoms with Gasteiger partial charge in [-0.2, -0.15) is 0 Å². The van der Waals surface area contributed by atoms with Crippen molar-refractivity contribution in [3.05, 3.63) is 6.92 Å². The van der Waals surface area contributed by atoms with E-state index in [1.807, 2.05) is 0 Å². The minimum Gasteiger partial charge on any atom is -0.309 e. The Morgan fingerprint density at radius 1 is 1.30 bits per heavy atom. The Kier molecular flexibility index (Phi) is 17.9. The van der Waals surface area contributed by atoms with Gasteiger partial charge >= 0.3 is 18.2 Å². The quantitative estimate of drug-likeness (QED) is 0.624. The Morgan fingerprint density at radius 2 is 1.60 bits per heavy atom. The molecule has 0 bridgehead atoms. The molecule has 0 aromatic carbocycles. The lowest BCUT2D eigenvalue weighted by Crippen LogP contribution is -2.21. The zero-order valence-electron chi connectivity index (χ0n) is 6.74. The van der Waals surface area contributed by atoms with Gasteiger partial charge in [-0.15, -0.1) is 0 Å². The lowest BCUT2D eigenvalue weighted by molar-refractivity contribution is 0.336. The summed E-state index contributed by atoms with van der Waals surface area (Å²) in [5, 5.41) is 0. The lowest BCUT2D eigenvalue weighted by atomic mass is 10.5. The van der Waals surface area contributed by atoms with Gasteiger partial charge in [-0.3, -0.25) is 0 Å². The summed E-state index contributed by atoms with van der Waals surface area (Å²) in [6.45, 7) is 11.2. The van der Waals surface area contributed by atoms with E-state index in [9.17, 15) is 0 Å². The molecule has 0 heterocycles. The fourth-order valence-electron chi connectivity index (χ4n) is 0.540. The third-order valence-electron chi connectivity index (χ3n) is 1.21. The monoisotopic (exact) mass is 194 g/mol. The van der Waals surface area contributed by atoms with E-state index in [1.165, 1.54) is 0 Å². The van der Waals surface area contributed by atoms with Crippen LogP contribution < -0.4 is 0 Å². The van der Waals surface area contributed by atoms with Crippen molar-refractivity contribution in [2.24, 2.45) is 0 Å². The van der Waals surface area contributed by atoms with E-state index in [0.717, 1.165) is 19.6 Å². The van der Waals surface area contributed by atoms with Crippen LogP contribution in [0.2, 0.25) is 0 Å². The number of halogens is 2. The van der Waals surface area contributed by atoms with Crippen LogP contribution >= 0.6 is 18.1 Å². The second kappa shape index (κ2) is 12.9. The highest BCUT2D eigenvalue weighted by molar-refractivity contribution is 7.22. The number of nitrogens with zero attached hydrogens (tertiary/aromatic N) is 1. The van der Waals surface area contributed by atoms with Crippen molar-refractivity contribution < 1.29 is 0 Å². The predicted molar refractivity (Wildman–Crippen MR) is 50.6 cm³/mol. The first-order valence-electron chi connectivity index (χ1n) is 3.40. The molecule has 0 saturated heterocycles. The molecule has 59 valence electrons. The van der Waals surface area contributed by atoms with Gasteiger partial charge in [0, 0.05) is 0 Å². The summed E-state index contributed by atoms with van der Waals surface area (Å²) < 4.78 is 0. The molecule has 0 spiro atoms. The van der Waals surface area contributed by atoms with E-state index < -0.39 is 18.2 Å². The predicted octanol–water partition coefficient (Wildman–Crippen LogP) is 2.16. The van der Waals surface area contributed by atoms with Gasteiger partial charge in [0.05, 0.1) is 0 Å². The van der Waals surface area contributed by atoms with Crippen LogP contribution in [0.15, 0.2) is 0 Å². The smallest absolute Gasteiger partial charge is 0.309 e. The van der Waals surface area contributed by atoms with Crippen LogP contribution in [-0.4, -0.2) is 42.7 Å². The zero-order chi connectivity index (χ0) is 8.41. The average Bonchev–Trinajstić information content (AvgIpc) is 1.93. The molecule has 4 heteroatoms. The summed E-state index contributed by atoms with van der Waals surface area (Å²) in [6, 6.07) is 0. The van der Waals surface area contributed by atoms with Gasteiger partial charge in [0.1, 0.15) is 0 Å². The lowest BCUT2D eigenvalue weighted by Gasteiger charge is -2.13. The summed E-state index contributed by atoms with van der Waals surface area (Å²) in [4.78, 5) is 2.26. The first kappa shape index (κ1) is 13.9. The van der Waals surface area contributed by atoms with Gasteiger partial charge in [0.25, 0.3) is 0 Å². The van der Waals surface area contributed by atoms with Crippen molar-refractivity contribution in [2.75, 3.05) is 19.6 Å². The van der Waals surface area contributed by atoms with Gasteiger partial charge in [-0.25, -0.2) is 0 Å². The minimum atomic E-state index is -0.639. The maximum atomic E-state index is 4.90. The standard InChI is InChI=1S/C6H14N.2ClH.Mg/c1-4-7(5-2)6-3;;;/h1,4-6H2,2-3H3;2*1H;/q;;;+2/p-2. The maximum absolute atomic E-state index is 4.90. The fourth-order valence-corrected chi connectivity index (χ4v) is 0.540. The summed E-state index contributed by atoms with van der Waals surface area (Å²) in [5.41, 5.74) is 0. The third-order valence-corrected chi connectivity index (χ3v) is 1.21. The van der Waals surface area contributed by atoms with Crippen molar-refractivity contribution in [3.63, 3.8) is 0 Å². The molecule has 0 aromatic rings. The van der Waals surface area contributed by atoms with E-state index >= 15 is 0 Å². The Morgan fingerprint density at radius 3 is 1.60 bits per heavy atom. The molecule has 10 heavy (non-hydrogen) atoms. The van der Waals surface area contributed by atoms with E-state index in [-0.39, 0.29) is 0 Å². The van der Waals surface area contributed by atoms with Gasteiger partial charge in [0.15, 0.2) is 0 Å². The summed E-state index contributed by atoms with van der Waals surface area (Å²) in [5.74, 6) is 0. The SMILES string of the molecule is [CH2]CN(CC)CC.[Cl][Mg][Cl]. The second-order valence-electron chi connectivity index (χ2n) is 1.63. The normalized spacial score (nSPS) is 8.20. The zero-order valence-corrected chi connectivity index (χ0v) is 9.66. The molecule has 0 aromatic heterocycles. The third kappa shape index (κ3) is 12.0. The van der Waals surface area contributed by atoms with E-state index in [2.05, 4.69) is 25.7 Å². The molecule has 0 saturated carbocycles. The second-order valence-corrected chi connectivity index (χ2v) is 4.25. The molecular weight excluding hydrogens is 181 g/mol. The van der Waals surface area contributed by atoms with Crippen molar-refractivity contribution in [2.45, 2.75) is 13.8 Å². The Hall–Kier alpha value is 1.31. The highest BCUT2D eigenvalue weighted by atomic mass is 35.6. The van der Waals surface area contributed by atoms with Crippen molar-refractivity contribution >= 4 is 36.3 Å². The van der Waals surface area contributed by atoms with Crippen LogP contribution in [-0.2, 0) is 0 Å². The topological polar surface area (TPSA) is 3.24 Å². The van der Waals surface area contributed by atoms with Crippen molar-refractivity contribution in [3.8, 4) is 0 Å². The average molecular weight is 195 g/mol. The van der Waals surface area contributed by atoms with Crippen LogP contribution in [0.4, 0.5) is 0 Å². The first-order chi connectivity index (χ1) is 4.76. The molecule has 0 unspecified atom stereocenters. The van der Waals surface area contributed by atoms with E-state index in [4.69, 9.17) is 18.1 Å². The van der Waals surface area contributed by atoms with Crippen LogP contribution in [0.25, 0.3) is 0 Å². The van der Waals surface area contributed by atoms with Crippen LogP contribution in [0.1, 0.15) is 13.8 Å². The largest absolute Gasteiger partial charge is 0.618 e. The maximum Gasteiger partial charge on any atom is 0.618 e. The Labute approximate surface area is 81.3 Å². The van der Waals surface area contributed by atoms with Crippen molar-refractivity contribution in [1.29, 1.82) is 0 Å². The number of rotatable bonds is 3. The summed E-state index contributed by atoms with van der Waals surface area (Å²) in [6.07, 6.45) is 0. The Balaban J connectivity index is 0. The van der Waals surface area contributed by atoms with Crippen molar-refractivity contribution in [1.82, 2.24) is 4.90 Å². The molecule has 0 aliphatic heterocycles. The van der Waals surface area contributed by atoms with Gasteiger partial charge in [-0.05, 0) is 26.6 Å². The van der Waals surface area contributed by atoms with Crippen LogP contribution in [0.5, 0.6) is 0 Å². The highest BCUT2D eigenvalue weighted by Gasteiger charge is 1.89. The number of hydrogen-bond acceptors (Lipinski definition) is 1. The molecule has 1 radical (unpaired) electrons. The minimum absolute atomic E-state index is 0.639. The molecule has 0 fully saturated rings. The van der Waals surface area contributed by atoms with Gasteiger partial charge < -0.3 is 23.0 Å². The molecular formula is C6H14Cl2MgN. The van der Waals surface area contributed by atoms with Gasteiger partial charge in [0.2, 0.25) is 0 Å². The molecule has 1 nitrogen and oxygen atoms in total. The summed E-state index contributed by atoms with van der Waals surface area (Å²) >= 11 is -0.639.